The fourth-order valence-corrected chi connectivity index (χ4v) is 3.65. The van der Waals surface area contributed by atoms with Gasteiger partial charge in [0.25, 0.3) is 0 Å². The van der Waals surface area contributed by atoms with E-state index in [9.17, 15) is 0 Å². The molecular formula is C18H28N2O. The van der Waals surface area contributed by atoms with Crippen molar-refractivity contribution in [3.05, 3.63) is 30.3 Å². The van der Waals surface area contributed by atoms with Crippen LogP contribution >= 0.6 is 0 Å². The molecule has 2 saturated heterocycles. The molecule has 1 aromatic carbocycles. The molecule has 3 rings (SSSR count). The predicted molar refractivity (Wildman–Crippen MR) is 86.8 cm³/mol. The second-order valence-corrected chi connectivity index (χ2v) is 6.35. The maximum Gasteiger partial charge on any atom is 0.119 e. The number of nitrogens with zero attached hydrogens (tertiary/aromatic N) is 2. The van der Waals surface area contributed by atoms with Crippen LogP contribution in [-0.4, -0.2) is 55.2 Å². The molecule has 21 heavy (non-hydrogen) atoms. The molecule has 0 radical (unpaired) electrons. The number of hydrogen-bond acceptors (Lipinski definition) is 3. The fourth-order valence-electron chi connectivity index (χ4n) is 3.65. The predicted octanol–water partition coefficient (Wildman–Crippen LogP) is 3.02. The number of hydrogen-bond donors (Lipinski definition) is 0. The van der Waals surface area contributed by atoms with Gasteiger partial charge in [-0.25, -0.2) is 0 Å². The van der Waals surface area contributed by atoms with Crippen molar-refractivity contribution in [3.63, 3.8) is 0 Å². The second kappa shape index (κ2) is 7.81. The zero-order valence-electron chi connectivity index (χ0n) is 13.0. The Labute approximate surface area is 128 Å². The monoisotopic (exact) mass is 288 g/mol. The summed E-state index contributed by atoms with van der Waals surface area (Å²) in [6, 6.07) is 11.0. The van der Waals surface area contributed by atoms with Gasteiger partial charge in [0.15, 0.2) is 0 Å². The van der Waals surface area contributed by atoms with Gasteiger partial charge in [0, 0.05) is 19.1 Å². The summed E-state index contributed by atoms with van der Waals surface area (Å²) in [5.41, 5.74) is 0. The summed E-state index contributed by atoms with van der Waals surface area (Å²) in [5, 5.41) is 0. The van der Waals surface area contributed by atoms with Gasteiger partial charge in [0.05, 0.1) is 6.61 Å². The minimum Gasteiger partial charge on any atom is -0.494 e. The molecule has 1 unspecified atom stereocenters. The fraction of sp³-hybridized carbons (Fsp3) is 0.667. The SMILES string of the molecule is c1ccc(OCCCN2CCCN3CCCCC3C2)cc1. The smallest absolute Gasteiger partial charge is 0.119 e. The Hall–Kier alpha value is -1.06. The minimum absolute atomic E-state index is 0.816. The van der Waals surface area contributed by atoms with Gasteiger partial charge in [-0.15, -0.1) is 0 Å². The van der Waals surface area contributed by atoms with Crippen LogP contribution in [0.25, 0.3) is 0 Å². The highest BCUT2D eigenvalue weighted by atomic mass is 16.5. The van der Waals surface area contributed by atoms with E-state index >= 15 is 0 Å². The lowest BCUT2D eigenvalue weighted by molar-refractivity contribution is 0.134. The van der Waals surface area contributed by atoms with Crippen molar-refractivity contribution in [1.82, 2.24) is 9.80 Å². The normalized spacial score (nSPS) is 24.3. The van der Waals surface area contributed by atoms with Gasteiger partial charge >= 0.3 is 0 Å². The van der Waals surface area contributed by atoms with Crippen molar-refractivity contribution in [1.29, 1.82) is 0 Å². The summed E-state index contributed by atoms with van der Waals surface area (Å²) in [6.07, 6.45) is 6.68. The third-order valence-electron chi connectivity index (χ3n) is 4.77. The van der Waals surface area contributed by atoms with Crippen molar-refractivity contribution in [2.75, 3.05) is 39.3 Å². The van der Waals surface area contributed by atoms with Gasteiger partial charge in [-0.1, -0.05) is 24.6 Å². The summed E-state index contributed by atoms with van der Waals surface area (Å²) >= 11 is 0. The highest BCUT2D eigenvalue weighted by Crippen LogP contribution is 2.21. The number of ether oxygens (including phenoxy) is 1. The van der Waals surface area contributed by atoms with Gasteiger partial charge in [-0.2, -0.15) is 0 Å². The summed E-state index contributed by atoms with van der Waals surface area (Å²) in [4.78, 5) is 5.38. The first-order valence-corrected chi connectivity index (χ1v) is 8.56. The number of rotatable bonds is 5. The Morgan fingerprint density at radius 2 is 1.86 bits per heavy atom. The van der Waals surface area contributed by atoms with E-state index in [0.717, 1.165) is 24.8 Å². The van der Waals surface area contributed by atoms with E-state index in [-0.39, 0.29) is 0 Å². The van der Waals surface area contributed by atoms with Crippen LogP contribution in [0.3, 0.4) is 0 Å². The Bertz CT molecular complexity index is 409. The van der Waals surface area contributed by atoms with E-state index in [1.807, 2.05) is 30.3 Å². The van der Waals surface area contributed by atoms with Crippen LogP contribution in [-0.2, 0) is 0 Å². The zero-order chi connectivity index (χ0) is 14.3. The summed E-state index contributed by atoms with van der Waals surface area (Å²) < 4.78 is 5.80. The first kappa shape index (κ1) is 14.9. The molecule has 2 fully saturated rings. The van der Waals surface area contributed by atoms with Crippen molar-refractivity contribution >= 4 is 0 Å². The summed E-state index contributed by atoms with van der Waals surface area (Å²) in [6.45, 7) is 7.17. The van der Waals surface area contributed by atoms with Gasteiger partial charge < -0.3 is 9.64 Å². The van der Waals surface area contributed by atoms with Crippen LogP contribution in [0.2, 0.25) is 0 Å². The molecule has 3 nitrogen and oxygen atoms in total. The highest BCUT2D eigenvalue weighted by Gasteiger charge is 2.26. The molecule has 0 N–H and O–H groups in total. The Balaban J connectivity index is 1.38. The van der Waals surface area contributed by atoms with E-state index in [1.165, 1.54) is 58.4 Å². The Morgan fingerprint density at radius 3 is 2.76 bits per heavy atom. The number of para-hydroxylation sites is 1. The average Bonchev–Trinajstić information content (AvgIpc) is 2.74. The van der Waals surface area contributed by atoms with Crippen molar-refractivity contribution in [3.8, 4) is 5.75 Å². The molecule has 116 valence electrons. The van der Waals surface area contributed by atoms with Gasteiger partial charge in [0.2, 0.25) is 0 Å². The van der Waals surface area contributed by atoms with Crippen molar-refractivity contribution in [2.24, 2.45) is 0 Å². The lowest BCUT2D eigenvalue weighted by atomic mass is 10.0. The maximum absolute atomic E-state index is 5.80. The molecule has 1 atom stereocenters. The molecule has 0 aromatic heterocycles. The Morgan fingerprint density at radius 1 is 1.00 bits per heavy atom. The molecule has 2 heterocycles. The topological polar surface area (TPSA) is 15.7 Å². The molecule has 0 amide bonds. The summed E-state index contributed by atoms with van der Waals surface area (Å²) in [5.74, 6) is 0.992. The lowest BCUT2D eigenvalue weighted by Crippen LogP contribution is -2.44. The van der Waals surface area contributed by atoms with E-state index in [4.69, 9.17) is 4.74 Å². The molecule has 2 aliphatic rings. The lowest BCUT2D eigenvalue weighted by Gasteiger charge is -2.35. The molecule has 0 aliphatic carbocycles. The number of benzene rings is 1. The van der Waals surface area contributed by atoms with Crippen molar-refractivity contribution < 1.29 is 4.74 Å². The van der Waals surface area contributed by atoms with Crippen LogP contribution < -0.4 is 4.74 Å². The Kier molecular flexibility index (Phi) is 5.53. The zero-order valence-corrected chi connectivity index (χ0v) is 13.0. The number of piperidine rings is 1. The molecular weight excluding hydrogens is 260 g/mol. The average molecular weight is 288 g/mol. The van der Waals surface area contributed by atoms with E-state index in [1.54, 1.807) is 0 Å². The summed E-state index contributed by atoms with van der Waals surface area (Å²) in [7, 11) is 0. The highest BCUT2D eigenvalue weighted by molar-refractivity contribution is 5.20. The van der Waals surface area contributed by atoms with E-state index in [2.05, 4.69) is 9.80 Å². The van der Waals surface area contributed by atoms with Crippen LogP contribution in [0, 0.1) is 0 Å². The molecule has 2 aliphatic heterocycles. The molecule has 0 saturated carbocycles. The molecule has 0 bridgehead atoms. The molecule has 0 spiro atoms. The third kappa shape index (κ3) is 4.45. The van der Waals surface area contributed by atoms with E-state index in [0.29, 0.717) is 0 Å². The van der Waals surface area contributed by atoms with Crippen LogP contribution in [0.15, 0.2) is 30.3 Å². The number of fused-ring (bicyclic) bond motifs is 1. The second-order valence-electron chi connectivity index (χ2n) is 6.35. The first-order valence-electron chi connectivity index (χ1n) is 8.56. The largest absolute Gasteiger partial charge is 0.494 e. The van der Waals surface area contributed by atoms with Gasteiger partial charge in [-0.05, 0) is 57.5 Å². The quantitative estimate of drug-likeness (QED) is 0.775. The van der Waals surface area contributed by atoms with Crippen LogP contribution in [0.1, 0.15) is 32.1 Å². The van der Waals surface area contributed by atoms with Gasteiger partial charge in [0.1, 0.15) is 5.75 Å². The molecule has 3 heteroatoms. The van der Waals surface area contributed by atoms with E-state index < -0.39 is 0 Å². The van der Waals surface area contributed by atoms with Gasteiger partial charge in [-0.3, -0.25) is 4.90 Å². The maximum atomic E-state index is 5.80. The minimum atomic E-state index is 0.816. The van der Waals surface area contributed by atoms with Crippen LogP contribution in [0.4, 0.5) is 0 Å². The molecule has 1 aromatic rings. The third-order valence-corrected chi connectivity index (χ3v) is 4.77. The first-order chi connectivity index (χ1) is 10.4. The van der Waals surface area contributed by atoms with Crippen LogP contribution in [0.5, 0.6) is 5.75 Å². The standard InChI is InChI=1S/C18H28N2O/c1-2-9-18(10-3-1)21-15-7-12-19-11-6-14-20-13-5-4-8-17(20)16-19/h1-3,9-10,17H,4-8,11-16H2. The van der Waals surface area contributed by atoms with Crippen molar-refractivity contribution in [2.45, 2.75) is 38.1 Å².